The van der Waals surface area contributed by atoms with E-state index >= 15 is 0 Å². The van der Waals surface area contributed by atoms with Gasteiger partial charge in [-0.2, -0.15) is 0 Å². The molecule has 2 amide bonds. The highest BCUT2D eigenvalue weighted by molar-refractivity contribution is 7.92. The Labute approximate surface area is 242 Å². The third kappa shape index (κ3) is 7.18. The molecule has 4 rings (SSSR count). The van der Waals surface area contributed by atoms with Gasteiger partial charge in [-0.3, -0.25) is 13.9 Å². The maximum absolute atomic E-state index is 14.2. The number of carbonyl (C=O) groups is 2. The van der Waals surface area contributed by atoms with Gasteiger partial charge < -0.3 is 19.7 Å². The van der Waals surface area contributed by atoms with Crippen LogP contribution in [0.25, 0.3) is 0 Å². The largest absolute Gasteiger partial charge is 0.486 e. The van der Waals surface area contributed by atoms with Gasteiger partial charge in [-0.1, -0.05) is 55.0 Å². The molecule has 1 aliphatic rings. The smallest absolute Gasteiger partial charge is 0.264 e. The lowest BCUT2D eigenvalue weighted by molar-refractivity contribution is -0.140. The number of benzene rings is 3. The first kappa shape index (κ1) is 29.9. The van der Waals surface area contributed by atoms with E-state index in [-0.39, 0.29) is 29.1 Å². The summed E-state index contributed by atoms with van der Waals surface area (Å²) in [4.78, 5) is 28.9. The summed E-state index contributed by atoms with van der Waals surface area (Å²) in [6.07, 6.45) is 0.353. The third-order valence-corrected chi connectivity index (χ3v) is 8.46. The Kier molecular flexibility index (Phi) is 9.54. The highest BCUT2D eigenvalue weighted by atomic mass is 32.2. The Morgan fingerprint density at radius 3 is 2.29 bits per heavy atom. The second-order valence-corrected chi connectivity index (χ2v) is 12.1. The van der Waals surface area contributed by atoms with Crippen molar-refractivity contribution in [2.45, 2.75) is 57.6 Å². The van der Waals surface area contributed by atoms with Crippen LogP contribution in [0.15, 0.2) is 77.7 Å². The molecule has 218 valence electrons. The van der Waals surface area contributed by atoms with Gasteiger partial charge in [-0.25, -0.2) is 8.42 Å². The predicted octanol–water partition coefficient (Wildman–Crippen LogP) is 4.29. The maximum Gasteiger partial charge on any atom is 0.264 e. The topological polar surface area (TPSA) is 105 Å². The molecule has 0 saturated carbocycles. The Bertz CT molecular complexity index is 1480. The van der Waals surface area contributed by atoms with Crippen LogP contribution in [0.4, 0.5) is 5.69 Å². The fourth-order valence-corrected chi connectivity index (χ4v) is 6.17. The first-order valence-electron chi connectivity index (χ1n) is 13.7. The second kappa shape index (κ2) is 13.1. The molecule has 0 radical (unpaired) electrons. The molecule has 0 fully saturated rings. The molecule has 0 bridgehead atoms. The van der Waals surface area contributed by atoms with Crippen LogP contribution in [0.1, 0.15) is 38.3 Å². The number of amides is 2. The molecule has 10 heteroatoms. The van der Waals surface area contributed by atoms with E-state index < -0.39 is 28.5 Å². The van der Waals surface area contributed by atoms with Gasteiger partial charge in [0.1, 0.15) is 25.8 Å². The SMILES string of the molecule is CC[C@H](C(=O)NC(C)C)N(Cc1cccc(C)c1)C(=O)CN(c1ccc2c(c1)OCCO2)S(=O)(=O)c1ccccc1. The van der Waals surface area contributed by atoms with Crippen LogP contribution in [-0.2, 0) is 26.2 Å². The van der Waals surface area contributed by atoms with Crippen molar-refractivity contribution in [2.24, 2.45) is 0 Å². The number of rotatable bonds is 11. The van der Waals surface area contributed by atoms with Crippen molar-refractivity contribution in [3.05, 3.63) is 83.9 Å². The number of carbonyl (C=O) groups excluding carboxylic acids is 2. The van der Waals surface area contributed by atoms with Gasteiger partial charge in [0.2, 0.25) is 11.8 Å². The minimum atomic E-state index is -4.17. The van der Waals surface area contributed by atoms with E-state index in [9.17, 15) is 18.0 Å². The van der Waals surface area contributed by atoms with Gasteiger partial charge in [0.25, 0.3) is 10.0 Å². The summed E-state index contributed by atoms with van der Waals surface area (Å²) in [6.45, 7) is 7.84. The highest BCUT2D eigenvalue weighted by Gasteiger charge is 2.34. The Balaban J connectivity index is 1.76. The van der Waals surface area contributed by atoms with E-state index in [1.54, 1.807) is 36.4 Å². The number of hydrogen-bond donors (Lipinski definition) is 1. The standard InChI is InChI=1S/C31H37N3O6S/c1-5-27(31(36)32-22(2)3)33(20-24-11-9-10-23(4)18-24)30(35)21-34(41(37,38)26-12-7-6-8-13-26)25-14-15-28-29(19-25)40-17-16-39-28/h6-15,18-19,22,27H,5,16-17,20-21H2,1-4H3,(H,32,36)/t27-/m1/s1. The van der Waals surface area contributed by atoms with Crippen LogP contribution in [0, 0.1) is 6.92 Å². The van der Waals surface area contributed by atoms with E-state index in [1.807, 2.05) is 52.0 Å². The first-order chi connectivity index (χ1) is 19.6. The number of hydrogen-bond acceptors (Lipinski definition) is 6. The maximum atomic E-state index is 14.2. The molecule has 0 spiro atoms. The lowest BCUT2D eigenvalue weighted by Crippen LogP contribution is -2.53. The van der Waals surface area contributed by atoms with Crippen LogP contribution < -0.4 is 19.1 Å². The number of sulfonamides is 1. The van der Waals surface area contributed by atoms with Gasteiger partial charge in [0.15, 0.2) is 11.5 Å². The summed E-state index contributed by atoms with van der Waals surface area (Å²) in [5.41, 5.74) is 2.10. The zero-order valence-electron chi connectivity index (χ0n) is 23.9. The normalized spacial score (nSPS) is 13.4. The molecule has 0 aliphatic carbocycles. The number of fused-ring (bicyclic) bond motifs is 1. The Morgan fingerprint density at radius 1 is 0.927 bits per heavy atom. The first-order valence-corrected chi connectivity index (χ1v) is 15.2. The molecular formula is C31H37N3O6S. The molecule has 3 aromatic rings. The van der Waals surface area contributed by atoms with E-state index in [1.165, 1.54) is 17.0 Å². The van der Waals surface area contributed by atoms with Crippen LogP contribution in [0.2, 0.25) is 0 Å². The van der Waals surface area contributed by atoms with Gasteiger partial charge in [0.05, 0.1) is 10.6 Å². The monoisotopic (exact) mass is 579 g/mol. The van der Waals surface area contributed by atoms with Crippen molar-refractivity contribution in [1.29, 1.82) is 0 Å². The summed E-state index contributed by atoms with van der Waals surface area (Å²) in [5, 5.41) is 2.91. The van der Waals surface area contributed by atoms with E-state index in [4.69, 9.17) is 9.47 Å². The van der Waals surface area contributed by atoms with E-state index in [2.05, 4.69) is 5.32 Å². The van der Waals surface area contributed by atoms with Gasteiger partial charge >= 0.3 is 0 Å². The van der Waals surface area contributed by atoms with Crippen molar-refractivity contribution in [1.82, 2.24) is 10.2 Å². The van der Waals surface area contributed by atoms with Crippen molar-refractivity contribution in [2.75, 3.05) is 24.1 Å². The predicted molar refractivity (Wildman–Crippen MR) is 157 cm³/mol. The minimum absolute atomic E-state index is 0.0394. The van der Waals surface area contributed by atoms with Gasteiger partial charge in [0, 0.05) is 18.7 Å². The number of anilines is 1. The fourth-order valence-electron chi connectivity index (χ4n) is 4.74. The zero-order valence-corrected chi connectivity index (χ0v) is 24.7. The lowest BCUT2D eigenvalue weighted by Gasteiger charge is -2.34. The minimum Gasteiger partial charge on any atom is -0.486 e. The third-order valence-electron chi connectivity index (χ3n) is 6.68. The fraction of sp³-hybridized carbons (Fsp3) is 0.355. The zero-order chi connectivity index (χ0) is 29.6. The number of nitrogens with one attached hydrogen (secondary N) is 1. The van der Waals surface area contributed by atoms with Crippen LogP contribution in [0.3, 0.4) is 0 Å². The Hall–Kier alpha value is -4.05. The summed E-state index contributed by atoms with van der Waals surface area (Å²) in [5.74, 6) is 0.0987. The lowest BCUT2D eigenvalue weighted by atomic mass is 10.1. The highest BCUT2D eigenvalue weighted by Crippen LogP contribution is 2.36. The number of aryl methyl sites for hydroxylation is 1. The van der Waals surface area contributed by atoms with E-state index in [0.29, 0.717) is 31.1 Å². The molecule has 1 N–H and O–H groups in total. The van der Waals surface area contributed by atoms with Crippen LogP contribution in [-0.4, -0.2) is 57.0 Å². The number of nitrogens with zero attached hydrogens (tertiary/aromatic N) is 2. The van der Waals surface area contributed by atoms with Crippen molar-refractivity contribution in [3.8, 4) is 11.5 Å². The van der Waals surface area contributed by atoms with Crippen molar-refractivity contribution >= 4 is 27.5 Å². The molecule has 1 aliphatic heterocycles. The summed E-state index contributed by atoms with van der Waals surface area (Å²) < 4.78 is 40.4. The molecule has 41 heavy (non-hydrogen) atoms. The summed E-state index contributed by atoms with van der Waals surface area (Å²) >= 11 is 0. The van der Waals surface area contributed by atoms with E-state index in [0.717, 1.165) is 15.4 Å². The van der Waals surface area contributed by atoms with Gasteiger partial charge in [-0.05, 0) is 57.0 Å². The van der Waals surface area contributed by atoms with Gasteiger partial charge in [-0.15, -0.1) is 0 Å². The molecule has 0 saturated heterocycles. The molecule has 1 heterocycles. The molecule has 1 atom stereocenters. The van der Waals surface area contributed by atoms with Crippen molar-refractivity contribution in [3.63, 3.8) is 0 Å². The molecule has 9 nitrogen and oxygen atoms in total. The summed E-state index contributed by atoms with van der Waals surface area (Å²) in [6, 6.07) is 19.5. The Morgan fingerprint density at radius 2 is 1.63 bits per heavy atom. The second-order valence-electron chi connectivity index (χ2n) is 10.3. The average molecular weight is 580 g/mol. The van der Waals surface area contributed by atoms with Crippen LogP contribution >= 0.6 is 0 Å². The molecular weight excluding hydrogens is 542 g/mol. The molecule has 0 unspecified atom stereocenters. The van der Waals surface area contributed by atoms with Crippen molar-refractivity contribution < 1.29 is 27.5 Å². The molecule has 0 aromatic heterocycles. The van der Waals surface area contributed by atoms with Crippen LogP contribution in [0.5, 0.6) is 11.5 Å². The summed E-state index contributed by atoms with van der Waals surface area (Å²) in [7, 11) is -4.17. The number of ether oxygens (including phenoxy) is 2. The quantitative estimate of drug-likeness (QED) is 0.363. The molecule has 3 aromatic carbocycles. The average Bonchev–Trinajstić information content (AvgIpc) is 2.95.